The Hall–Kier alpha value is -1.13. The number of hydrogen-bond donors (Lipinski definition) is 1. The number of aliphatic carboxylic acids is 1. The fourth-order valence-corrected chi connectivity index (χ4v) is 0.923. The van der Waals surface area contributed by atoms with Gasteiger partial charge in [-0.3, -0.25) is 14.9 Å². The molecule has 0 aromatic rings. The lowest BCUT2D eigenvalue weighted by molar-refractivity contribution is -0.486. The van der Waals surface area contributed by atoms with E-state index >= 15 is 0 Å². The summed E-state index contributed by atoms with van der Waals surface area (Å²) >= 11 is 0. The maximum atomic E-state index is 10.4. The highest BCUT2D eigenvalue weighted by Crippen LogP contribution is 2.08. The molecule has 0 bridgehead atoms. The topological polar surface area (TPSA) is 80.4 Å². The van der Waals surface area contributed by atoms with Crippen molar-refractivity contribution in [3.05, 3.63) is 10.1 Å². The van der Waals surface area contributed by atoms with Gasteiger partial charge in [-0.2, -0.15) is 0 Å². The lowest BCUT2D eigenvalue weighted by Gasteiger charge is -2.05. The molecule has 1 unspecified atom stereocenters. The van der Waals surface area contributed by atoms with Gasteiger partial charge >= 0.3 is 5.97 Å². The Bertz CT molecular complexity index is 169. The molecule has 0 aliphatic carbocycles. The average Bonchev–Trinajstić information content (AvgIpc) is 1.96. The maximum Gasteiger partial charge on any atom is 0.313 e. The normalized spacial score (nSPS) is 12.4. The molecule has 0 rings (SSSR count). The highest BCUT2D eigenvalue weighted by Gasteiger charge is 2.22. The zero-order valence-electron chi connectivity index (χ0n) is 7.02. The highest BCUT2D eigenvalue weighted by molar-refractivity contribution is 5.69. The van der Waals surface area contributed by atoms with E-state index in [1.807, 2.05) is 6.92 Å². The van der Waals surface area contributed by atoms with E-state index in [2.05, 4.69) is 0 Å². The molecule has 70 valence electrons. The van der Waals surface area contributed by atoms with Crippen molar-refractivity contribution in [1.82, 2.24) is 0 Å². The largest absolute Gasteiger partial charge is 0.481 e. The Morgan fingerprint density at radius 1 is 1.67 bits per heavy atom. The smallest absolute Gasteiger partial charge is 0.313 e. The van der Waals surface area contributed by atoms with Crippen molar-refractivity contribution in [3.8, 4) is 0 Å². The quantitative estimate of drug-likeness (QED) is 0.485. The molecule has 0 aliphatic rings. The van der Waals surface area contributed by atoms with Crippen molar-refractivity contribution in [3.63, 3.8) is 0 Å². The molecule has 0 saturated carbocycles. The predicted octanol–water partition coefficient (Wildman–Crippen LogP) is 1.15. The molecule has 0 heterocycles. The first-order valence-electron chi connectivity index (χ1n) is 3.92. The third kappa shape index (κ3) is 4.65. The molecule has 0 radical (unpaired) electrons. The SMILES string of the molecule is CCCCC(C[N+](=O)[O-])C(=O)O. The summed E-state index contributed by atoms with van der Waals surface area (Å²) in [6.07, 6.45) is 1.99. The van der Waals surface area contributed by atoms with Crippen LogP contribution in [-0.2, 0) is 4.79 Å². The van der Waals surface area contributed by atoms with E-state index in [4.69, 9.17) is 5.11 Å². The molecule has 0 amide bonds. The molecule has 1 N–H and O–H groups in total. The fraction of sp³-hybridized carbons (Fsp3) is 0.857. The van der Waals surface area contributed by atoms with E-state index in [9.17, 15) is 14.9 Å². The second-order valence-corrected chi connectivity index (χ2v) is 2.69. The van der Waals surface area contributed by atoms with Gasteiger partial charge in [-0.1, -0.05) is 19.8 Å². The van der Waals surface area contributed by atoms with Gasteiger partial charge in [-0.05, 0) is 6.42 Å². The predicted molar refractivity (Wildman–Crippen MR) is 42.5 cm³/mol. The molecular formula is C7H13NO4. The van der Waals surface area contributed by atoms with Crippen molar-refractivity contribution in [2.45, 2.75) is 26.2 Å². The molecule has 5 nitrogen and oxygen atoms in total. The number of hydrogen-bond acceptors (Lipinski definition) is 3. The molecule has 0 fully saturated rings. The number of carbonyl (C=O) groups is 1. The van der Waals surface area contributed by atoms with E-state index in [0.717, 1.165) is 12.8 Å². The lowest BCUT2D eigenvalue weighted by Crippen LogP contribution is -2.22. The van der Waals surface area contributed by atoms with Crippen LogP contribution in [0.5, 0.6) is 0 Å². The summed E-state index contributed by atoms with van der Waals surface area (Å²) in [5.74, 6) is -1.89. The van der Waals surface area contributed by atoms with Gasteiger partial charge in [0, 0.05) is 4.92 Å². The molecule has 5 heteroatoms. The van der Waals surface area contributed by atoms with E-state index in [1.54, 1.807) is 0 Å². The number of nitrogens with zero attached hydrogens (tertiary/aromatic N) is 1. The van der Waals surface area contributed by atoms with Crippen molar-refractivity contribution in [2.24, 2.45) is 5.92 Å². The Balaban J connectivity index is 3.87. The van der Waals surface area contributed by atoms with Crippen LogP contribution in [0, 0.1) is 16.0 Å². The van der Waals surface area contributed by atoms with Crippen LogP contribution in [0.4, 0.5) is 0 Å². The molecular weight excluding hydrogens is 162 g/mol. The van der Waals surface area contributed by atoms with Gasteiger partial charge in [0.05, 0.1) is 0 Å². The number of rotatable bonds is 6. The van der Waals surface area contributed by atoms with Crippen LogP contribution in [0.3, 0.4) is 0 Å². The first-order valence-corrected chi connectivity index (χ1v) is 3.92. The van der Waals surface area contributed by atoms with Gasteiger partial charge in [-0.25, -0.2) is 0 Å². The van der Waals surface area contributed by atoms with Gasteiger partial charge in [0.2, 0.25) is 6.54 Å². The first kappa shape index (κ1) is 10.9. The Kier molecular flexibility index (Phi) is 4.99. The Morgan fingerprint density at radius 3 is 2.58 bits per heavy atom. The molecule has 0 aromatic carbocycles. The lowest BCUT2D eigenvalue weighted by atomic mass is 10.0. The minimum absolute atomic E-state index is 0.396. The summed E-state index contributed by atoms with van der Waals surface area (Å²) in [5.41, 5.74) is 0. The van der Waals surface area contributed by atoms with Crippen molar-refractivity contribution in [1.29, 1.82) is 0 Å². The van der Waals surface area contributed by atoms with E-state index in [0.29, 0.717) is 6.42 Å². The van der Waals surface area contributed by atoms with Crippen molar-refractivity contribution in [2.75, 3.05) is 6.54 Å². The maximum absolute atomic E-state index is 10.4. The minimum Gasteiger partial charge on any atom is -0.481 e. The molecule has 0 aliphatic heterocycles. The first-order chi connectivity index (χ1) is 5.57. The van der Waals surface area contributed by atoms with Crippen LogP contribution in [0.2, 0.25) is 0 Å². The van der Waals surface area contributed by atoms with Gasteiger partial charge < -0.3 is 5.11 Å². The van der Waals surface area contributed by atoms with Crippen LogP contribution < -0.4 is 0 Å². The van der Waals surface area contributed by atoms with Crippen LogP contribution in [0.1, 0.15) is 26.2 Å². The molecule has 0 saturated heterocycles. The van der Waals surface area contributed by atoms with Crippen molar-refractivity contribution < 1.29 is 14.8 Å². The summed E-state index contributed by atoms with van der Waals surface area (Å²) in [5, 5.41) is 18.6. The fourth-order valence-electron chi connectivity index (χ4n) is 0.923. The number of unbranched alkanes of at least 4 members (excludes halogenated alkanes) is 1. The van der Waals surface area contributed by atoms with Crippen LogP contribution in [0.15, 0.2) is 0 Å². The molecule has 0 aromatic heterocycles. The Morgan fingerprint density at radius 2 is 2.25 bits per heavy atom. The third-order valence-corrected chi connectivity index (χ3v) is 1.62. The van der Waals surface area contributed by atoms with Crippen LogP contribution in [0.25, 0.3) is 0 Å². The standard InChI is InChI=1S/C7H13NO4/c1-2-3-4-6(7(9)10)5-8(11)12/h6H,2-5H2,1H3,(H,9,10). The summed E-state index contributed by atoms with van der Waals surface area (Å²) in [4.78, 5) is 19.9. The Labute approximate surface area is 70.5 Å². The third-order valence-electron chi connectivity index (χ3n) is 1.62. The summed E-state index contributed by atoms with van der Waals surface area (Å²) in [6.45, 7) is 1.46. The second-order valence-electron chi connectivity index (χ2n) is 2.69. The van der Waals surface area contributed by atoms with E-state index in [-0.39, 0.29) is 0 Å². The zero-order chi connectivity index (χ0) is 9.56. The number of carboxylic acids is 1. The summed E-state index contributed by atoms with van der Waals surface area (Å²) in [7, 11) is 0. The van der Waals surface area contributed by atoms with Crippen LogP contribution >= 0.6 is 0 Å². The molecule has 1 atom stereocenters. The minimum atomic E-state index is -1.07. The second kappa shape index (κ2) is 5.51. The van der Waals surface area contributed by atoms with Gasteiger partial charge in [0.25, 0.3) is 0 Å². The highest BCUT2D eigenvalue weighted by atomic mass is 16.6. The summed E-state index contributed by atoms with van der Waals surface area (Å²) in [6, 6.07) is 0. The van der Waals surface area contributed by atoms with E-state index in [1.165, 1.54) is 0 Å². The number of nitro groups is 1. The number of carboxylic acid groups (broad SMARTS) is 1. The zero-order valence-corrected chi connectivity index (χ0v) is 7.02. The van der Waals surface area contributed by atoms with E-state index < -0.39 is 23.4 Å². The monoisotopic (exact) mass is 175 g/mol. The van der Waals surface area contributed by atoms with Crippen LogP contribution in [-0.4, -0.2) is 22.5 Å². The average molecular weight is 175 g/mol. The van der Waals surface area contributed by atoms with Gasteiger partial charge in [0.1, 0.15) is 5.92 Å². The van der Waals surface area contributed by atoms with Gasteiger partial charge in [0.15, 0.2) is 0 Å². The molecule has 0 spiro atoms. The van der Waals surface area contributed by atoms with Gasteiger partial charge in [-0.15, -0.1) is 0 Å². The summed E-state index contributed by atoms with van der Waals surface area (Å²) < 4.78 is 0. The molecule has 12 heavy (non-hydrogen) atoms. The van der Waals surface area contributed by atoms with Crippen molar-refractivity contribution >= 4 is 5.97 Å².